The number of amides is 1. The fourth-order valence-corrected chi connectivity index (χ4v) is 4.39. The Balaban J connectivity index is 1.91. The number of allylic oxidation sites excluding steroid dienone is 1. The van der Waals surface area contributed by atoms with Gasteiger partial charge >= 0.3 is 0 Å². The van der Waals surface area contributed by atoms with Gasteiger partial charge in [-0.25, -0.2) is 4.39 Å². The van der Waals surface area contributed by atoms with Crippen molar-refractivity contribution < 1.29 is 14.3 Å². The van der Waals surface area contributed by atoms with Crippen LogP contribution in [-0.4, -0.2) is 46.9 Å². The van der Waals surface area contributed by atoms with Crippen LogP contribution in [0.15, 0.2) is 23.5 Å². The maximum absolute atomic E-state index is 13.9. The van der Waals surface area contributed by atoms with Crippen molar-refractivity contribution in [1.82, 2.24) is 4.90 Å². The van der Waals surface area contributed by atoms with E-state index < -0.39 is 17.3 Å². The molecule has 29 heavy (non-hydrogen) atoms. The highest BCUT2D eigenvalue weighted by atomic mass is 19.1. The first-order valence-electron chi connectivity index (χ1n) is 9.82. The number of aliphatic hydroxyl groups is 1. The zero-order chi connectivity index (χ0) is 21.6. The van der Waals surface area contributed by atoms with Crippen molar-refractivity contribution in [2.75, 3.05) is 30.3 Å². The molecule has 8 heteroatoms. The number of nitrogens with one attached hydrogen (secondary N) is 3. The van der Waals surface area contributed by atoms with Crippen LogP contribution < -0.4 is 16.4 Å². The number of halogens is 1. The smallest absolute Gasteiger partial charge is 0.250 e. The number of hydrogen-bond acceptors (Lipinski definition) is 6. The van der Waals surface area contributed by atoms with Gasteiger partial charge in [0.1, 0.15) is 11.6 Å². The molecule has 3 rings (SSSR count). The number of carbonyl (C=O) groups excluding carboxylic acids is 1. The third-order valence-electron chi connectivity index (χ3n) is 5.68. The second kappa shape index (κ2) is 7.42. The molecule has 1 aromatic rings. The Kier molecular flexibility index (Phi) is 5.44. The summed E-state index contributed by atoms with van der Waals surface area (Å²) in [5.74, 6) is -0.665. The Hall–Kier alpha value is -2.45. The summed E-state index contributed by atoms with van der Waals surface area (Å²) in [6.07, 6.45) is 1.63. The van der Waals surface area contributed by atoms with E-state index in [1.54, 1.807) is 20.8 Å². The largest absolute Gasteiger partial charge is 0.389 e. The summed E-state index contributed by atoms with van der Waals surface area (Å²) >= 11 is 0. The SMILES string of the molecule is CC(=N)/C(=C1/Nc2cc(F)cc(C(N)=O)c2N1)C1(C)CCN(CC(C)(C)O)CC1. The van der Waals surface area contributed by atoms with E-state index in [0.717, 1.165) is 37.6 Å². The Bertz CT molecular complexity index is 880. The fraction of sp³-hybridized carbons (Fsp3) is 0.524. The van der Waals surface area contributed by atoms with Gasteiger partial charge in [-0.05, 0) is 58.8 Å². The van der Waals surface area contributed by atoms with Crippen molar-refractivity contribution in [3.63, 3.8) is 0 Å². The fourth-order valence-electron chi connectivity index (χ4n) is 4.39. The van der Waals surface area contributed by atoms with Crippen LogP contribution in [0.5, 0.6) is 0 Å². The van der Waals surface area contributed by atoms with E-state index in [0.29, 0.717) is 29.5 Å². The number of piperidine rings is 1. The van der Waals surface area contributed by atoms with Crippen LogP contribution in [-0.2, 0) is 0 Å². The average Bonchev–Trinajstić information content (AvgIpc) is 2.97. The minimum absolute atomic E-state index is 0.0784. The van der Waals surface area contributed by atoms with E-state index in [4.69, 9.17) is 11.1 Å². The zero-order valence-electron chi connectivity index (χ0n) is 17.4. The van der Waals surface area contributed by atoms with Crippen molar-refractivity contribution in [2.24, 2.45) is 11.1 Å². The predicted molar refractivity (Wildman–Crippen MR) is 113 cm³/mol. The summed E-state index contributed by atoms with van der Waals surface area (Å²) in [4.78, 5) is 14.0. The maximum atomic E-state index is 13.9. The third-order valence-corrected chi connectivity index (χ3v) is 5.68. The number of rotatable bonds is 5. The lowest BCUT2D eigenvalue weighted by molar-refractivity contribution is 0.0185. The molecule has 158 valence electrons. The van der Waals surface area contributed by atoms with Crippen LogP contribution in [0.4, 0.5) is 15.8 Å². The Morgan fingerprint density at radius 1 is 1.34 bits per heavy atom. The van der Waals surface area contributed by atoms with Crippen molar-refractivity contribution in [3.05, 3.63) is 34.9 Å². The second-order valence-electron chi connectivity index (χ2n) is 9.01. The van der Waals surface area contributed by atoms with Crippen LogP contribution in [0.2, 0.25) is 0 Å². The molecule has 1 aromatic carbocycles. The quantitative estimate of drug-likeness (QED) is 0.485. The molecule has 0 spiro atoms. The lowest BCUT2D eigenvalue weighted by atomic mass is 9.72. The molecular weight excluding hydrogens is 373 g/mol. The van der Waals surface area contributed by atoms with Gasteiger partial charge in [0.05, 0.1) is 22.5 Å². The molecular formula is C21H30FN5O2. The standard InChI is InChI=1S/C21H30FN5O2/c1-12(23)16(21(4)5-7-27(8-6-21)11-20(2,3)29)19-25-15-10-13(22)9-14(18(24)28)17(15)26-19/h9-10,23,25-26,29H,5-8,11H2,1-4H3,(H2,24,28)/b19-16+,23-12?. The van der Waals surface area contributed by atoms with Gasteiger partial charge in [0.25, 0.3) is 5.91 Å². The summed E-state index contributed by atoms with van der Waals surface area (Å²) in [5.41, 5.74) is 6.57. The van der Waals surface area contributed by atoms with Gasteiger partial charge in [-0.15, -0.1) is 0 Å². The highest BCUT2D eigenvalue weighted by molar-refractivity contribution is 6.05. The lowest BCUT2D eigenvalue weighted by Crippen LogP contribution is -2.46. The van der Waals surface area contributed by atoms with E-state index in [1.807, 2.05) is 0 Å². The molecule has 7 nitrogen and oxygen atoms in total. The first-order chi connectivity index (χ1) is 13.4. The van der Waals surface area contributed by atoms with Crippen LogP contribution in [0.1, 0.15) is 50.9 Å². The number of benzene rings is 1. The number of nitrogens with zero attached hydrogens (tertiary/aromatic N) is 1. The van der Waals surface area contributed by atoms with Crippen molar-refractivity contribution in [2.45, 2.75) is 46.1 Å². The number of fused-ring (bicyclic) bond motifs is 1. The molecule has 1 saturated heterocycles. The van der Waals surface area contributed by atoms with Crippen molar-refractivity contribution >= 4 is 23.0 Å². The summed E-state index contributed by atoms with van der Waals surface area (Å²) in [6.45, 7) is 9.67. The van der Waals surface area contributed by atoms with Gasteiger partial charge < -0.3 is 31.8 Å². The monoisotopic (exact) mass is 403 g/mol. The van der Waals surface area contributed by atoms with Crippen LogP contribution >= 0.6 is 0 Å². The molecule has 2 aliphatic heterocycles. The van der Waals surface area contributed by atoms with Gasteiger partial charge in [-0.2, -0.15) is 0 Å². The minimum Gasteiger partial charge on any atom is -0.389 e. The molecule has 2 heterocycles. The molecule has 0 aromatic heterocycles. The number of likely N-dealkylation sites (tertiary alicyclic amines) is 1. The molecule has 1 fully saturated rings. The molecule has 0 atom stereocenters. The molecule has 0 bridgehead atoms. The molecule has 0 aliphatic carbocycles. The van der Waals surface area contributed by atoms with Gasteiger partial charge in [0.2, 0.25) is 0 Å². The van der Waals surface area contributed by atoms with Crippen molar-refractivity contribution in [1.29, 1.82) is 5.41 Å². The van der Waals surface area contributed by atoms with Crippen LogP contribution in [0, 0.1) is 16.6 Å². The number of primary amides is 1. The summed E-state index contributed by atoms with van der Waals surface area (Å²) in [7, 11) is 0. The lowest BCUT2D eigenvalue weighted by Gasteiger charge is -2.42. The van der Waals surface area contributed by atoms with Gasteiger partial charge in [-0.3, -0.25) is 4.79 Å². The Labute approximate surface area is 170 Å². The molecule has 6 N–H and O–H groups in total. The summed E-state index contributed by atoms with van der Waals surface area (Å²) < 4.78 is 13.9. The average molecular weight is 404 g/mol. The molecule has 0 saturated carbocycles. The second-order valence-corrected chi connectivity index (χ2v) is 9.01. The van der Waals surface area contributed by atoms with E-state index in [2.05, 4.69) is 22.5 Å². The Morgan fingerprint density at radius 3 is 2.48 bits per heavy atom. The Morgan fingerprint density at radius 2 is 1.97 bits per heavy atom. The maximum Gasteiger partial charge on any atom is 0.250 e. The number of carbonyl (C=O) groups is 1. The van der Waals surface area contributed by atoms with E-state index in [9.17, 15) is 14.3 Å². The normalized spacial score (nSPS) is 20.5. The predicted octanol–water partition coefficient (Wildman–Crippen LogP) is 2.89. The molecule has 2 aliphatic rings. The van der Waals surface area contributed by atoms with E-state index in [-0.39, 0.29) is 11.0 Å². The van der Waals surface area contributed by atoms with Gasteiger partial charge in [0.15, 0.2) is 0 Å². The van der Waals surface area contributed by atoms with Gasteiger partial charge in [0, 0.05) is 23.2 Å². The van der Waals surface area contributed by atoms with Crippen molar-refractivity contribution in [3.8, 4) is 0 Å². The molecule has 1 amide bonds. The van der Waals surface area contributed by atoms with Crippen LogP contribution in [0.3, 0.4) is 0 Å². The number of β-amino-alcohol motifs (C(OH)–C–C–N with tert-alkyl or cyclic N) is 1. The van der Waals surface area contributed by atoms with E-state index >= 15 is 0 Å². The zero-order valence-corrected chi connectivity index (χ0v) is 17.4. The molecule has 0 unspecified atom stereocenters. The first kappa shape index (κ1) is 21.3. The number of nitrogens with two attached hydrogens (primary N) is 1. The highest BCUT2D eigenvalue weighted by Crippen LogP contribution is 2.44. The topological polar surface area (TPSA) is 114 Å². The highest BCUT2D eigenvalue weighted by Gasteiger charge is 2.39. The van der Waals surface area contributed by atoms with Crippen LogP contribution in [0.25, 0.3) is 0 Å². The molecule has 0 radical (unpaired) electrons. The summed E-state index contributed by atoms with van der Waals surface area (Å²) in [6, 6.07) is 2.43. The summed E-state index contributed by atoms with van der Waals surface area (Å²) in [5, 5.41) is 24.8. The third kappa shape index (κ3) is 4.43. The minimum atomic E-state index is -0.752. The number of hydrogen-bond donors (Lipinski definition) is 5. The number of anilines is 2. The van der Waals surface area contributed by atoms with E-state index in [1.165, 1.54) is 6.07 Å². The van der Waals surface area contributed by atoms with Gasteiger partial charge in [-0.1, -0.05) is 6.92 Å². The first-order valence-corrected chi connectivity index (χ1v) is 9.82.